The summed E-state index contributed by atoms with van der Waals surface area (Å²) in [5, 5.41) is 11.9. The van der Waals surface area contributed by atoms with Gasteiger partial charge in [-0.25, -0.2) is 8.42 Å². The van der Waals surface area contributed by atoms with Crippen LogP contribution in [0.2, 0.25) is 0 Å². The molecule has 3 aromatic carbocycles. The van der Waals surface area contributed by atoms with Gasteiger partial charge in [0.25, 0.3) is 15.9 Å². The Kier molecular flexibility index (Phi) is 5.77. The van der Waals surface area contributed by atoms with Gasteiger partial charge < -0.3 is 10.4 Å². The number of aliphatic hydroxyl groups is 1. The summed E-state index contributed by atoms with van der Waals surface area (Å²) >= 11 is 0. The van der Waals surface area contributed by atoms with Gasteiger partial charge in [-0.15, -0.1) is 0 Å². The number of rotatable bonds is 6. The Labute approximate surface area is 163 Å². The Balaban J connectivity index is 1.72. The Morgan fingerprint density at radius 1 is 0.929 bits per heavy atom. The fraction of sp³-hybridized carbons (Fsp3) is 0.0952. The molecule has 0 saturated heterocycles. The third-order valence-corrected chi connectivity index (χ3v) is 5.50. The Hall–Kier alpha value is -3.16. The van der Waals surface area contributed by atoms with Crippen LogP contribution in [0.3, 0.4) is 0 Å². The van der Waals surface area contributed by atoms with Crippen molar-refractivity contribution in [3.8, 4) is 0 Å². The Morgan fingerprint density at radius 3 is 2.25 bits per heavy atom. The third-order valence-electron chi connectivity index (χ3n) is 4.10. The van der Waals surface area contributed by atoms with Gasteiger partial charge in [-0.1, -0.05) is 29.8 Å². The van der Waals surface area contributed by atoms with Gasteiger partial charge in [-0.2, -0.15) is 0 Å². The number of amides is 1. The van der Waals surface area contributed by atoms with Crippen LogP contribution in [0.5, 0.6) is 0 Å². The van der Waals surface area contributed by atoms with Gasteiger partial charge in [-0.05, 0) is 61.0 Å². The van der Waals surface area contributed by atoms with E-state index in [2.05, 4.69) is 10.0 Å². The predicted octanol–water partition coefficient (Wildman–Crippen LogP) is 3.54. The maximum absolute atomic E-state index is 12.5. The van der Waals surface area contributed by atoms with E-state index in [0.29, 0.717) is 22.5 Å². The molecule has 0 radical (unpaired) electrons. The number of carbonyl (C=O) groups excluding carboxylic acids is 1. The van der Waals surface area contributed by atoms with Crippen molar-refractivity contribution < 1.29 is 18.3 Å². The molecule has 1 amide bonds. The smallest absolute Gasteiger partial charge is 0.261 e. The number of aliphatic hydroxyl groups excluding tert-OH is 1. The largest absolute Gasteiger partial charge is 0.392 e. The first-order chi connectivity index (χ1) is 13.4. The summed E-state index contributed by atoms with van der Waals surface area (Å²) in [6.45, 7) is 1.80. The minimum atomic E-state index is -3.75. The van der Waals surface area contributed by atoms with Crippen LogP contribution in [0.15, 0.2) is 77.7 Å². The van der Waals surface area contributed by atoms with Crippen LogP contribution in [0.4, 0.5) is 11.4 Å². The highest BCUT2D eigenvalue weighted by Gasteiger charge is 2.15. The van der Waals surface area contributed by atoms with E-state index in [9.17, 15) is 13.2 Å². The normalized spacial score (nSPS) is 11.1. The molecule has 0 aliphatic carbocycles. The zero-order valence-electron chi connectivity index (χ0n) is 15.2. The molecule has 0 aromatic heterocycles. The molecule has 3 N–H and O–H groups in total. The van der Waals surface area contributed by atoms with E-state index < -0.39 is 10.0 Å². The Bertz CT molecular complexity index is 1080. The number of anilines is 2. The highest BCUT2D eigenvalue weighted by molar-refractivity contribution is 7.92. The number of carbonyl (C=O) groups is 1. The van der Waals surface area contributed by atoms with Crippen molar-refractivity contribution in [2.24, 2.45) is 0 Å². The fourth-order valence-corrected chi connectivity index (χ4v) is 3.63. The molecule has 0 fully saturated rings. The number of hydrogen-bond donors (Lipinski definition) is 3. The first-order valence-electron chi connectivity index (χ1n) is 8.58. The predicted molar refractivity (Wildman–Crippen MR) is 109 cm³/mol. The fourth-order valence-electron chi connectivity index (χ4n) is 2.57. The van der Waals surface area contributed by atoms with Crippen LogP contribution >= 0.6 is 0 Å². The van der Waals surface area contributed by atoms with E-state index in [1.165, 1.54) is 24.3 Å². The second kappa shape index (κ2) is 8.24. The molecule has 0 atom stereocenters. The topological polar surface area (TPSA) is 95.5 Å². The molecule has 0 heterocycles. The van der Waals surface area contributed by atoms with Crippen molar-refractivity contribution in [1.29, 1.82) is 0 Å². The van der Waals surface area contributed by atoms with Crippen LogP contribution in [-0.2, 0) is 16.6 Å². The van der Waals surface area contributed by atoms with Crippen molar-refractivity contribution in [3.05, 3.63) is 89.5 Å². The second-order valence-electron chi connectivity index (χ2n) is 6.31. The molecular weight excluding hydrogens is 376 g/mol. The quantitative estimate of drug-likeness (QED) is 0.594. The van der Waals surface area contributed by atoms with Crippen molar-refractivity contribution in [2.75, 3.05) is 10.0 Å². The van der Waals surface area contributed by atoms with Gasteiger partial charge >= 0.3 is 0 Å². The van der Waals surface area contributed by atoms with E-state index >= 15 is 0 Å². The van der Waals surface area contributed by atoms with E-state index in [4.69, 9.17) is 5.11 Å². The van der Waals surface area contributed by atoms with Crippen LogP contribution in [0.1, 0.15) is 21.5 Å². The number of sulfonamides is 1. The lowest BCUT2D eigenvalue weighted by molar-refractivity contribution is 0.102. The number of benzene rings is 3. The molecule has 0 aliphatic heterocycles. The van der Waals surface area contributed by atoms with Gasteiger partial charge in [0, 0.05) is 16.9 Å². The minimum absolute atomic E-state index is 0.0619. The SMILES string of the molecule is Cc1ccc(NS(=O)(=O)c2ccc(C(=O)Nc3cccc(CO)c3)cc2)cc1. The highest BCUT2D eigenvalue weighted by Crippen LogP contribution is 2.18. The molecule has 144 valence electrons. The summed E-state index contributed by atoms with van der Waals surface area (Å²) in [6, 6.07) is 19.5. The van der Waals surface area contributed by atoms with Crippen molar-refractivity contribution in [1.82, 2.24) is 0 Å². The monoisotopic (exact) mass is 396 g/mol. The number of nitrogens with one attached hydrogen (secondary N) is 2. The summed E-state index contributed by atoms with van der Waals surface area (Å²) in [5.41, 5.74) is 3.05. The molecule has 7 heteroatoms. The average molecular weight is 396 g/mol. The zero-order chi connectivity index (χ0) is 20.1. The van der Waals surface area contributed by atoms with Gasteiger partial charge in [0.2, 0.25) is 0 Å². The lowest BCUT2D eigenvalue weighted by atomic mass is 10.2. The summed E-state index contributed by atoms with van der Waals surface area (Å²) in [5.74, 6) is -0.370. The zero-order valence-corrected chi connectivity index (χ0v) is 16.0. The van der Waals surface area contributed by atoms with E-state index in [0.717, 1.165) is 5.56 Å². The molecule has 28 heavy (non-hydrogen) atoms. The molecule has 3 rings (SSSR count). The maximum atomic E-state index is 12.5. The third kappa shape index (κ3) is 4.76. The number of hydrogen-bond acceptors (Lipinski definition) is 4. The average Bonchev–Trinajstić information content (AvgIpc) is 2.70. The van der Waals surface area contributed by atoms with Gasteiger partial charge in [0.05, 0.1) is 11.5 Å². The minimum Gasteiger partial charge on any atom is -0.392 e. The first-order valence-corrected chi connectivity index (χ1v) is 10.1. The van der Waals surface area contributed by atoms with Crippen molar-refractivity contribution in [3.63, 3.8) is 0 Å². The summed E-state index contributed by atoms with van der Waals surface area (Å²) < 4.78 is 27.5. The Morgan fingerprint density at radius 2 is 1.61 bits per heavy atom. The number of aryl methyl sites for hydroxylation is 1. The molecule has 0 bridgehead atoms. The first kappa shape index (κ1) is 19.6. The van der Waals surface area contributed by atoms with E-state index in [1.807, 2.05) is 19.1 Å². The summed E-state index contributed by atoms with van der Waals surface area (Å²) in [6.07, 6.45) is 0. The van der Waals surface area contributed by atoms with E-state index in [-0.39, 0.29) is 17.4 Å². The molecule has 0 aliphatic rings. The molecular formula is C21H20N2O4S. The van der Waals surface area contributed by atoms with Gasteiger partial charge in [0.15, 0.2) is 0 Å². The standard InChI is InChI=1S/C21H20N2O4S/c1-15-5-9-18(10-6-15)23-28(26,27)20-11-7-17(8-12-20)21(25)22-19-4-2-3-16(13-19)14-24/h2-13,23-24H,14H2,1H3,(H,22,25). The van der Waals surface area contributed by atoms with Gasteiger partial charge in [-0.3, -0.25) is 9.52 Å². The van der Waals surface area contributed by atoms with Crippen LogP contribution < -0.4 is 10.0 Å². The lowest BCUT2D eigenvalue weighted by Gasteiger charge is -2.10. The molecule has 0 unspecified atom stereocenters. The summed E-state index contributed by atoms with van der Waals surface area (Å²) in [7, 11) is -3.75. The van der Waals surface area contributed by atoms with Crippen molar-refractivity contribution >= 4 is 27.3 Å². The highest BCUT2D eigenvalue weighted by atomic mass is 32.2. The molecule has 3 aromatic rings. The second-order valence-corrected chi connectivity index (χ2v) is 7.99. The van der Waals surface area contributed by atoms with E-state index in [1.54, 1.807) is 36.4 Å². The maximum Gasteiger partial charge on any atom is 0.261 e. The molecule has 0 spiro atoms. The lowest BCUT2D eigenvalue weighted by Crippen LogP contribution is -2.15. The molecule has 0 saturated carbocycles. The van der Waals surface area contributed by atoms with Crippen LogP contribution in [-0.4, -0.2) is 19.4 Å². The van der Waals surface area contributed by atoms with Crippen molar-refractivity contribution in [2.45, 2.75) is 18.4 Å². The van der Waals surface area contributed by atoms with Gasteiger partial charge in [0.1, 0.15) is 0 Å². The van der Waals surface area contributed by atoms with Crippen LogP contribution in [0.25, 0.3) is 0 Å². The molecule has 6 nitrogen and oxygen atoms in total. The summed E-state index contributed by atoms with van der Waals surface area (Å²) in [4.78, 5) is 12.4. The van der Waals surface area contributed by atoms with Crippen LogP contribution in [0, 0.1) is 6.92 Å².